The van der Waals surface area contributed by atoms with E-state index in [0.29, 0.717) is 19.7 Å². The fourth-order valence-corrected chi connectivity index (χ4v) is 0.437. The maximum absolute atomic E-state index is 10.7. The van der Waals surface area contributed by atoms with Crippen molar-refractivity contribution >= 4 is 6.09 Å². The number of amides is 1. The van der Waals surface area contributed by atoms with E-state index in [1.807, 2.05) is 0 Å². The predicted molar refractivity (Wildman–Crippen MR) is 37.0 cm³/mol. The van der Waals surface area contributed by atoms with Crippen LogP contribution in [0.2, 0.25) is 0 Å². The molecular weight excluding hydrogens is 134 g/mol. The Hall–Kier alpha value is -0.810. The molecule has 0 aromatic carbocycles. The van der Waals surface area contributed by atoms with E-state index >= 15 is 0 Å². The van der Waals surface area contributed by atoms with Crippen molar-refractivity contribution in [2.75, 3.05) is 19.7 Å². The highest BCUT2D eigenvalue weighted by Crippen LogP contribution is 1.84. The highest BCUT2D eigenvalue weighted by atomic mass is 16.6. The van der Waals surface area contributed by atoms with Gasteiger partial charge in [0.1, 0.15) is 0 Å². The molecule has 0 saturated heterocycles. The molecule has 0 bridgehead atoms. The summed E-state index contributed by atoms with van der Waals surface area (Å²) in [6, 6.07) is 0. The van der Waals surface area contributed by atoms with Crippen molar-refractivity contribution in [3.05, 3.63) is 0 Å². The van der Waals surface area contributed by atoms with Crippen molar-refractivity contribution in [1.82, 2.24) is 5.01 Å². The van der Waals surface area contributed by atoms with E-state index in [1.165, 1.54) is 0 Å². The summed E-state index contributed by atoms with van der Waals surface area (Å²) in [4.78, 5) is 10.7. The average molecular weight is 147 g/mol. The van der Waals surface area contributed by atoms with E-state index in [1.54, 1.807) is 6.92 Å². The molecule has 0 unspecified atom stereocenters. The largest absolute Gasteiger partial charge is 0.449 e. The highest BCUT2D eigenvalue weighted by molar-refractivity contribution is 5.66. The number of hydrogen-bond donors (Lipinski definition) is 2. The fraction of sp³-hybridized carbons (Fsp3) is 0.800. The van der Waals surface area contributed by atoms with Crippen LogP contribution in [0, 0.1) is 0 Å². The summed E-state index contributed by atoms with van der Waals surface area (Å²) in [6.45, 7) is 2.71. The molecule has 0 saturated carbocycles. The van der Waals surface area contributed by atoms with Gasteiger partial charge in [0.05, 0.1) is 13.2 Å². The maximum Gasteiger partial charge on any atom is 0.424 e. The maximum atomic E-state index is 10.7. The lowest BCUT2D eigenvalue weighted by Gasteiger charge is -2.13. The summed E-state index contributed by atoms with van der Waals surface area (Å²) in [7, 11) is 0. The van der Waals surface area contributed by atoms with Crippen LogP contribution in [0.15, 0.2) is 0 Å². The Balaban J connectivity index is 3.49. The third kappa shape index (κ3) is 3.26. The van der Waals surface area contributed by atoms with Crippen LogP contribution in [0.3, 0.4) is 0 Å². The fourth-order valence-electron chi connectivity index (χ4n) is 0.437. The molecule has 0 aliphatic rings. The molecule has 0 atom stereocenters. The minimum Gasteiger partial charge on any atom is -0.449 e. The molecule has 5 heteroatoms. The zero-order valence-electron chi connectivity index (χ0n) is 6.04. The van der Waals surface area contributed by atoms with Crippen molar-refractivity contribution < 1.29 is 9.53 Å². The van der Waals surface area contributed by atoms with E-state index in [0.717, 1.165) is 5.01 Å². The summed E-state index contributed by atoms with van der Waals surface area (Å²) >= 11 is 0. The quantitative estimate of drug-likeness (QED) is 0.313. The lowest BCUT2D eigenvalue weighted by molar-refractivity contribution is 0.108. The first-order valence-electron chi connectivity index (χ1n) is 3.11. The van der Waals surface area contributed by atoms with Crippen LogP contribution in [0.4, 0.5) is 4.79 Å². The standard InChI is InChI=1S/C5H13N3O2/c1-2-10-5(9)8(7)4-3-6/h2-4,6-7H2,1H3. The van der Waals surface area contributed by atoms with E-state index < -0.39 is 6.09 Å². The van der Waals surface area contributed by atoms with Gasteiger partial charge in [-0.05, 0) is 6.92 Å². The van der Waals surface area contributed by atoms with Crippen LogP contribution in [0.1, 0.15) is 6.92 Å². The van der Waals surface area contributed by atoms with Gasteiger partial charge in [-0.25, -0.2) is 15.6 Å². The van der Waals surface area contributed by atoms with Gasteiger partial charge in [0, 0.05) is 6.54 Å². The third-order valence-electron chi connectivity index (χ3n) is 0.872. The molecular formula is C5H13N3O2. The van der Waals surface area contributed by atoms with Crippen LogP contribution in [0.5, 0.6) is 0 Å². The molecule has 0 aliphatic carbocycles. The number of ether oxygens (including phenoxy) is 1. The van der Waals surface area contributed by atoms with Gasteiger partial charge in [0.15, 0.2) is 0 Å². The Labute approximate surface area is 59.9 Å². The number of rotatable bonds is 3. The molecule has 0 aromatic heterocycles. The molecule has 0 aliphatic heterocycles. The Bertz CT molecular complexity index is 107. The highest BCUT2D eigenvalue weighted by Gasteiger charge is 2.06. The first kappa shape index (κ1) is 9.19. The molecule has 0 spiro atoms. The van der Waals surface area contributed by atoms with Crippen LogP contribution in [-0.4, -0.2) is 30.8 Å². The van der Waals surface area contributed by atoms with E-state index in [2.05, 4.69) is 4.74 Å². The van der Waals surface area contributed by atoms with Gasteiger partial charge in [-0.1, -0.05) is 0 Å². The number of hydrogen-bond acceptors (Lipinski definition) is 4. The van der Waals surface area contributed by atoms with Crippen LogP contribution < -0.4 is 11.6 Å². The normalized spacial score (nSPS) is 9.10. The second-order valence-corrected chi connectivity index (χ2v) is 1.68. The number of carbonyl (C=O) groups excluding carboxylic acids is 1. The van der Waals surface area contributed by atoms with Gasteiger partial charge in [-0.3, -0.25) is 0 Å². The van der Waals surface area contributed by atoms with Crippen molar-refractivity contribution in [3.8, 4) is 0 Å². The van der Waals surface area contributed by atoms with Crippen molar-refractivity contribution in [3.63, 3.8) is 0 Å². The summed E-state index contributed by atoms with van der Waals surface area (Å²) in [5.74, 6) is 5.19. The van der Waals surface area contributed by atoms with Crippen LogP contribution in [-0.2, 0) is 4.74 Å². The first-order chi connectivity index (χ1) is 4.72. The Kier molecular flexibility index (Phi) is 4.61. The minimum atomic E-state index is -0.534. The van der Waals surface area contributed by atoms with E-state index in [4.69, 9.17) is 11.6 Å². The Morgan fingerprint density at radius 3 is 2.70 bits per heavy atom. The van der Waals surface area contributed by atoms with E-state index in [9.17, 15) is 4.79 Å². The minimum absolute atomic E-state index is 0.318. The van der Waals surface area contributed by atoms with Crippen molar-refractivity contribution in [2.24, 2.45) is 11.6 Å². The lowest BCUT2D eigenvalue weighted by atomic mass is 10.6. The molecule has 0 rings (SSSR count). The molecule has 0 fully saturated rings. The zero-order chi connectivity index (χ0) is 7.98. The Morgan fingerprint density at radius 2 is 2.30 bits per heavy atom. The smallest absolute Gasteiger partial charge is 0.424 e. The second kappa shape index (κ2) is 5.01. The molecule has 0 heterocycles. The Morgan fingerprint density at radius 1 is 1.70 bits per heavy atom. The van der Waals surface area contributed by atoms with Crippen LogP contribution in [0.25, 0.3) is 0 Å². The van der Waals surface area contributed by atoms with E-state index in [-0.39, 0.29) is 0 Å². The molecule has 5 nitrogen and oxygen atoms in total. The SMILES string of the molecule is CCOC(=O)N(N)CCN. The van der Waals surface area contributed by atoms with Gasteiger partial charge in [-0.15, -0.1) is 0 Å². The second-order valence-electron chi connectivity index (χ2n) is 1.68. The third-order valence-corrected chi connectivity index (χ3v) is 0.872. The lowest BCUT2D eigenvalue weighted by Crippen LogP contribution is -2.41. The monoisotopic (exact) mass is 147 g/mol. The predicted octanol–water partition coefficient (Wildman–Crippen LogP) is -0.723. The van der Waals surface area contributed by atoms with Crippen LogP contribution >= 0.6 is 0 Å². The number of nitrogens with two attached hydrogens (primary N) is 2. The van der Waals surface area contributed by atoms with Crippen molar-refractivity contribution in [1.29, 1.82) is 0 Å². The van der Waals surface area contributed by atoms with Gasteiger partial charge in [0.2, 0.25) is 0 Å². The molecule has 4 N–H and O–H groups in total. The zero-order valence-corrected chi connectivity index (χ0v) is 6.04. The number of hydrazine groups is 1. The summed E-state index contributed by atoms with van der Waals surface area (Å²) < 4.78 is 4.56. The van der Waals surface area contributed by atoms with Gasteiger partial charge in [0.25, 0.3) is 0 Å². The number of nitrogens with zero attached hydrogens (tertiary/aromatic N) is 1. The average Bonchev–Trinajstić information content (AvgIpc) is 1.89. The molecule has 0 aromatic rings. The topological polar surface area (TPSA) is 81.6 Å². The van der Waals surface area contributed by atoms with Gasteiger partial charge in [-0.2, -0.15) is 0 Å². The molecule has 0 radical (unpaired) electrons. The summed E-state index contributed by atoms with van der Waals surface area (Å²) in [5.41, 5.74) is 5.13. The summed E-state index contributed by atoms with van der Waals surface area (Å²) in [6.07, 6.45) is -0.534. The van der Waals surface area contributed by atoms with Crippen molar-refractivity contribution in [2.45, 2.75) is 6.92 Å². The van der Waals surface area contributed by atoms with Gasteiger partial charge < -0.3 is 10.5 Å². The van der Waals surface area contributed by atoms with Gasteiger partial charge >= 0.3 is 6.09 Å². The number of carbonyl (C=O) groups is 1. The molecule has 1 amide bonds. The summed E-state index contributed by atoms with van der Waals surface area (Å²) in [5, 5.41) is 0.948. The first-order valence-corrected chi connectivity index (χ1v) is 3.11. The molecule has 60 valence electrons. The molecule has 10 heavy (non-hydrogen) atoms.